The Labute approximate surface area is 163 Å². The molecule has 0 saturated heterocycles. The Balaban J connectivity index is 0.00000225. The Hall–Kier alpha value is -1.62. The van der Waals surface area contributed by atoms with E-state index in [1.54, 1.807) is 37.4 Å². The van der Waals surface area contributed by atoms with Gasteiger partial charge in [0, 0.05) is 5.69 Å². The number of rotatable bonds is 4. The second-order valence-corrected chi connectivity index (χ2v) is 6.79. The topological polar surface area (TPSA) is 64.3 Å². The molecule has 1 aliphatic rings. The minimum Gasteiger partial charge on any atom is -0.495 e. The maximum atomic E-state index is 12.9. The lowest BCUT2D eigenvalue weighted by Gasteiger charge is -2.40. The molecule has 0 aromatic heterocycles. The largest absolute Gasteiger partial charge is 0.495 e. The highest BCUT2D eigenvalue weighted by atomic mass is 35.5. The average Bonchev–Trinajstić information content (AvgIpc) is 2.50. The number of hydrogen-bond acceptors (Lipinski definition) is 3. The molecule has 7 heteroatoms. The molecule has 0 unspecified atom stereocenters. The molecule has 134 valence electrons. The molecule has 3 rings (SSSR count). The zero-order valence-corrected chi connectivity index (χ0v) is 16.0. The summed E-state index contributed by atoms with van der Waals surface area (Å²) in [6, 6.07) is 10.6. The fourth-order valence-corrected chi connectivity index (χ4v) is 3.33. The van der Waals surface area contributed by atoms with E-state index in [1.807, 2.05) is 6.07 Å². The van der Waals surface area contributed by atoms with Crippen LogP contribution >= 0.6 is 35.6 Å². The summed E-state index contributed by atoms with van der Waals surface area (Å²) < 4.78 is 5.13. The van der Waals surface area contributed by atoms with E-state index in [4.69, 9.17) is 33.7 Å². The molecular formula is C18H19Cl3N2O2. The zero-order chi connectivity index (χ0) is 17.3. The molecule has 0 bridgehead atoms. The number of carbonyl (C=O) groups is 1. The number of ether oxygens (including phenoxy) is 1. The van der Waals surface area contributed by atoms with Crippen LogP contribution in [0.1, 0.15) is 24.8 Å². The lowest BCUT2D eigenvalue weighted by Crippen LogP contribution is -2.46. The molecule has 2 aromatic carbocycles. The van der Waals surface area contributed by atoms with Gasteiger partial charge in [-0.3, -0.25) is 4.79 Å². The molecule has 0 heterocycles. The number of anilines is 2. The SMILES string of the molecule is COc1ccc(NC(=O)C2(c3ccc(Cl)c(Cl)c3)CCC2)cc1N.Cl. The molecule has 2 aromatic rings. The average molecular weight is 402 g/mol. The van der Waals surface area contributed by atoms with Crippen molar-refractivity contribution in [2.45, 2.75) is 24.7 Å². The van der Waals surface area contributed by atoms with Crippen LogP contribution in [-0.4, -0.2) is 13.0 Å². The molecule has 1 fully saturated rings. The Morgan fingerprint density at radius 1 is 1.16 bits per heavy atom. The number of benzene rings is 2. The first-order chi connectivity index (χ1) is 11.5. The van der Waals surface area contributed by atoms with E-state index in [-0.39, 0.29) is 18.3 Å². The van der Waals surface area contributed by atoms with Gasteiger partial charge in [0.1, 0.15) is 5.75 Å². The summed E-state index contributed by atoms with van der Waals surface area (Å²) in [5.41, 5.74) is 7.35. The summed E-state index contributed by atoms with van der Waals surface area (Å²) in [5.74, 6) is 0.521. The van der Waals surface area contributed by atoms with Crippen molar-refractivity contribution in [1.29, 1.82) is 0 Å². The molecule has 25 heavy (non-hydrogen) atoms. The fraction of sp³-hybridized carbons (Fsp3) is 0.278. The van der Waals surface area contributed by atoms with Gasteiger partial charge in [-0.05, 0) is 48.7 Å². The predicted molar refractivity (Wildman–Crippen MR) is 105 cm³/mol. The third-order valence-electron chi connectivity index (χ3n) is 4.60. The maximum Gasteiger partial charge on any atom is 0.235 e. The Morgan fingerprint density at radius 2 is 1.88 bits per heavy atom. The third kappa shape index (κ3) is 3.66. The van der Waals surface area contributed by atoms with Crippen LogP contribution in [0.15, 0.2) is 36.4 Å². The number of halogens is 3. The number of nitrogens with two attached hydrogens (primary N) is 1. The summed E-state index contributed by atoms with van der Waals surface area (Å²) in [4.78, 5) is 12.9. The smallest absolute Gasteiger partial charge is 0.235 e. The molecule has 0 radical (unpaired) electrons. The van der Waals surface area contributed by atoms with Crippen LogP contribution in [0, 0.1) is 0 Å². The van der Waals surface area contributed by atoms with Crippen molar-refractivity contribution in [1.82, 2.24) is 0 Å². The van der Waals surface area contributed by atoms with Crippen LogP contribution in [-0.2, 0) is 10.2 Å². The highest BCUT2D eigenvalue weighted by Gasteiger charge is 2.45. The Kier molecular flexibility index (Phi) is 6.09. The van der Waals surface area contributed by atoms with Crippen molar-refractivity contribution in [3.8, 4) is 5.75 Å². The first-order valence-corrected chi connectivity index (χ1v) is 8.42. The van der Waals surface area contributed by atoms with Crippen LogP contribution in [0.3, 0.4) is 0 Å². The van der Waals surface area contributed by atoms with Gasteiger partial charge in [-0.25, -0.2) is 0 Å². The van der Waals surface area contributed by atoms with Crippen LogP contribution in [0.25, 0.3) is 0 Å². The molecule has 0 spiro atoms. The van der Waals surface area contributed by atoms with Crippen LogP contribution in [0.5, 0.6) is 5.75 Å². The normalized spacial score (nSPS) is 14.8. The van der Waals surface area contributed by atoms with Crippen LogP contribution < -0.4 is 15.8 Å². The van der Waals surface area contributed by atoms with Gasteiger partial charge in [-0.15, -0.1) is 12.4 Å². The van der Waals surface area contributed by atoms with Gasteiger partial charge in [0.15, 0.2) is 0 Å². The lowest BCUT2D eigenvalue weighted by molar-refractivity contribution is -0.124. The number of nitrogen functional groups attached to an aromatic ring is 1. The Bertz CT molecular complexity index is 792. The van der Waals surface area contributed by atoms with Gasteiger partial charge < -0.3 is 15.8 Å². The summed E-state index contributed by atoms with van der Waals surface area (Å²) in [5, 5.41) is 3.90. The van der Waals surface area contributed by atoms with Gasteiger partial charge in [-0.2, -0.15) is 0 Å². The monoisotopic (exact) mass is 400 g/mol. The molecular weight excluding hydrogens is 383 g/mol. The standard InChI is InChI=1S/C18H18Cl2N2O2.ClH/c1-24-16-6-4-12(10-15(16)21)22-17(23)18(7-2-8-18)11-3-5-13(19)14(20)9-11;/h3-6,9-10H,2,7-8,21H2,1H3,(H,22,23);1H. The quantitative estimate of drug-likeness (QED) is 0.703. The van der Waals surface area contributed by atoms with Crippen molar-refractivity contribution < 1.29 is 9.53 Å². The molecule has 0 atom stereocenters. The minimum absolute atomic E-state index is 0. The van der Waals surface area contributed by atoms with Crippen molar-refractivity contribution in [3.63, 3.8) is 0 Å². The van der Waals surface area contributed by atoms with Gasteiger partial charge in [0.05, 0.1) is 28.3 Å². The first-order valence-electron chi connectivity index (χ1n) is 7.67. The summed E-state index contributed by atoms with van der Waals surface area (Å²) in [6.45, 7) is 0. The zero-order valence-electron chi connectivity index (χ0n) is 13.6. The highest BCUT2D eigenvalue weighted by molar-refractivity contribution is 6.42. The second kappa shape index (κ2) is 7.73. The van der Waals surface area contributed by atoms with Crippen molar-refractivity contribution in [3.05, 3.63) is 52.0 Å². The van der Waals surface area contributed by atoms with E-state index in [9.17, 15) is 4.79 Å². The number of hydrogen-bond donors (Lipinski definition) is 2. The summed E-state index contributed by atoms with van der Waals surface area (Å²) in [7, 11) is 1.55. The van der Waals surface area contributed by atoms with Gasteiger partial charge in [0.2, 0.25) is 5.91 Å². The van der Waals surface area contributed by atoms with E-state index in [0.29, 0.717) is 27.2 Å². The number of nitrogens with one attached hydrogen (secondary N) is 1. The third-order valence-corrected chi connectivity index (χ3v) is 5.34. The first kappa shape index (κ1) is 19.7. The fourth-order valence-electron chi connectivity index (χ4n) is 3.03. The maximum absolute atomic E-state index is 12.9. The summed E-state index contributed by atoms with van der Waals surface area (Å²) >= 11 is 12.1. The molecule has 1 amide bonds. The van der Waals surface area contributed by atoms with E-state index in [1.165, 1.54) is 0 Å². The van der Waals surface area contributed by atoms with Crippen molar-refractivity contribution in [2.75, 3.05) is 18.2 Å². The van der Waals surface area contributed by atoms with Crippen molar-refractivity contribution >= 4 is 52.9 Å². The van der Waals surface area contributed by atoms with E-state index < -0.39 is 5.41 Å². The van der Waals surface area contributed by atoms with E-state index >= 15 is 0 Å². The molecule has 4 nitrogen and oxygen atoms in total. The highest BCUT2D eigenvalue weighted by Crippen LogP contribution is 2.46. The van der Waals surface area contributed by atoms with Crippen LogP contribution in [0.4, 0.5) is 11.4 Å². The molecule has 0 aliphatic heterocycles. The predicted octanol–water partition coefficient (Wildman–Crippen LogP) is 5.07. The van der Waals surface area contributed by atoms with Gasteiger partial charge in [-0.1, -0.05) is 35.7 Å². The molecule has 1 saturated carbocycles. The number of carbonyl (C=O) groups excluding carboxylic acids is 1. The van der Waals surface area contributed by atoms with E-state index in [2.05, 4.69) is 5.32 Å². The van der Waals surface area contributed by atoms with Crippen molar-refractivity contribution in [2.24, 2.45) is 0 Å². The van der Waals surface area contributed by atoms with Gasteiger partial charge >= 0.3 is 0 Å². The number of methoxy groups -OCH3 is 1. The number of amides is 1. The Morgan fingerprint density at radius 3 is 2.40 bits per heavy atom. The van der Waals surface area contributed by atoms with Gasteiger partial charge in [0.25, 0.3) is 0 Å². The second-order valence-electron chi connectivity index (χ2n) is 5.98. The lowest BCUT2D eigenvalue weighted by atomic mass is 9.64. The molecule has 1 aliphatic carbocycles. The van der Waals surface area contributed by atoms with E-state index in [0.717, 1.165) is 24.8 Å². The van der Waals surface area contributed by atoms with Crippen LogP contribution in [0.2, 0.25) is 10.0 Å². The minimum atomic E-state index is -0.567. The summed E-state index contributed by atoms with van der Waals surface area (Å²) in [6.07, 6.45) is 2.56. The molecule has 3 N–H and O–H groups in total.